The fraction of sp³-hybridized carbons (Fsp3) is 0.727. The number of aryl methyl sites for hydroxylation is 1. The lowest BCUT2D eigenvalue weighted by Gasteiger charge is -2.39. The van der Waals surface area contributed by atoms with Crippen molar-refractivity contribution >= 4 is 5.91 Å². The van der Waals surface area contributed by atoms with Gasteiger partial charge in [-0.15, -0.1) is 0 Å². The maximum atomic E-state index is 13.3. The van der Waals surface area contributed by atoms with Gasteiger partial charge in [0.05, 0.1) is 0 Å². The van der Waals surface area contributed by atoms with Crippen molar-refractivity contribution in [1.29, 1.82) is 0 Å². The van der Waals surface area contributed by atoms with Crippen LogP contribution in [-0.4, -0.2) is 36.6 Å². The highest BCUT2D eigenvalue weighted by Crippen LogP contribution is 2.52. The van der Waals surface area contributed by atoms with Crippen molar-refractivity contribution in [3.05, 3.63) is 33.4 Å². The summed E-state index contributed by atoms with van der Waals surface area (Å²) in [4.78, 5) is 28.0. The molecule has 0 spiro atoms. The molecule has 0 radical (unpaired) electrons. The number of amides is 1. The molecule has 1 aromatic heterocycles. The van der Waals surface area contributed by atoms with Crippen LogP contribution in [0.1, 0.15) is 80.5 Å². The Morgan fingerprint density at radius 3 is 2.56 bits per heavy atom. The second-order valence-electron chi connectivity index (χ2n) is 10.0. The molecule has 5 nitrogen and oxygen atoms in total. The van der Waals surface area contributed by atoms with E-state index in [0.717, 1.165) is 44.2 Å². The molecule has 1 amide bonds. The Morgan fingerprint density at radius 2 is 1.89 bits per heavy atom. The third-order valence-electron chi connectivity index (χ3n) is 6.68. The zero-order chi connectivity index (χ0) is 19.4. The maximum absolute atomic E-state index is 13.3. The van der Waals surface area contributed by atoms with Gasteiger partial charge in [0.1, 0.15) is 11.3 Å². The predicted molar refractivity (Wildman–Crippen MR) is 103 cm³/mol. The molecule has 2 saturated heterocycles. The van der Waals surface area contributed by atoms with E-state index >= 15 is 0 Å². The van der Waals surface area contributed by atoms with E-state index < -0.39 is 5.63 Å². The normalized spacial score (nSPS) is 30.5. The number of fused-ring (bicyclic) bond motifs is 2. The summed E-state index contributed by atoms with van der Waals surface area (Å²) < 4.78 is 11.0. The molecule has 1 aliphatic carbocycles. The number of carbonyl (C=O) groups excluding carboxylic acids is 1. The number of hydrogen-bond acceptors (Lipinski definition) is 4. The van der Waals surface area contributed by atoms with Crippen LogP contribution in [-0.2, 0) is 4.74 Å². The van der Waals surface area contributed by atoms with E-state index in [4.69, 9.17) is 9.15 Å². The fourth-order valence-corrected chi connectivity index (χ4v) is 5.91. The van der Waals surface area contributed by atoms with Crippen molar-refractivity contribution in [2.45, 2.75) is 71.8 Å². The fourth-order valence-electron chi connectivity index (χ4n) is 5.91. The van der Waals surface area contributed by atoms with Crippen LogP contribution in [0.2, 0.25) is 0 Å². The van der Waals surface area contributed by atoms with Crippen LogP contribution in [0.4, 0.5) is 0 Å². The van der Waals surface area contributed by atoms with Gasteiger partial charge in [0, 0.05) is 31.7 Å². The lowest BCUT2D eigenvalue weighted by molar-refractivity contribution is 0.0697. The standard InChI is InChI=1S/C22H31NO4/c1-14-9-17(15-5-7-26-8-6-15)27-20(25)18(14)19(24)23-13-22(4)11-16(23)10-21(2,3)12-22/h9,15-16H,5-8,10-13H2,1-4H3/t16-,22-/m1/s1. The zero-order valence-electron chi connectivity index (χ0n) is 17.0. The van der Waals surface area contributed by atoms with Gasteiger partial charge in [-0.3, -0.25) is 4.79 Å². The third kappa shape index (κ3) is 3.46. The SMILES string of the molecule is Cc1cc(C2CCOCC2)oc(=O)c1C(=O)N1C[C@]2(C)C[C@H]1CC(C)(C)C2. The average Bonchev–Trinajstić information content (AvgIpc) is 2.83. The Kier molecular flexibility index (Phi) is 4.49. The zero-order valence-corrected chi connectivity index (χ0v) is 17.0. The van der Waals surface area contributed by atoms with Crippen LogP contribution in [0.25, 0.3) is 0 Å². The van der Waals surface area contributed by atoms with Crippen molar-refractivity contribution in [2.24, 2.45) is 10.8 Å². The predicted octanol–water partition coefficient (Wildman–Crippen LogP) is 3.88. The van der Waals surface area contributed by atoms with Gasteiger partial charge in [0.15, 0.2) is 0 Å². The number of nitrogens with zero attached hydrogens (tertiary/aromatic N) is 1. The summed E-state index contributed by atoms with van der Waals surface area (Å²) in [5, 5.41) is 0. The van der Waals surface area contributed by atoms with Crippen molar-refractivity contribution in [3.63, 3.8) is 0 Å². The third-order valence-corrected chi connectivity index (χ3v) is 6.68. The Morgan fingerprint density at radius 1 is 1.19 bits per heavy atom. The number of carbonyl (C=O) groups is 1. The number of rotatable bonds is 2. The minimum absolute atomic E-state index is 0.147. The number of hydrogen-bond donors (Lipinski definition) is 0. The highest BCUT2D eigenvalue weighted by Gasteiger charge is 2.51. The molecule has 1 aromatic rings. The lowest BCUT2D eigenvalue weighted by Crippen LogP contribution is -2.40. The van der Waals surface area contributed by atoms with Crippen molar-refractivity contribution in [1.82, 2.24) is 4.90 Å². The summed E-state index contributed by atoms with van der Waals surface area (Å²) in [6, 6.07) is 2.12. The van der Waals surface area contributed by atoms with Gasteiger partial charge in [-0.05, 0) is 61.5 Å². The first kappa shape index (κ1) is 18.7. The quantitative estimate of drug-likeness (QED) is 0.789. The molecule has 4 rings (SSSR count). The highest BCUT2D eigenvalue weighted by molar-refractivity contribution is 5.95. The van der Waals surface area contributed by atoms with E-state index in [1.54, 1.807) is 0 Å². The molecule has 0 unspecified atom stereocenters. The number of likely N-dealkylation sites (tertiary alicyclic amines) is 1. The first-order chi connectivity index (χ1) is 12.7. The van der Waals surface area contributed by atoms with Crippen LogP contribution in [0.3, 0.4) is 0 Å². The first-order valence-corrected chi connectivity index (χ1v) is 10.2. The molecule has 0 N–H and O–H groups in total. The number of ether oxygens (including phenoxy) is 1. The Hall–Kier alpha value is -1.62. The van der Waals surface area contributed by atoms with Crippen molar-refractivity contribution in [3.8, 4) is 0 Å². The molecule has 1 saturated carbocycles. The molecule has 2 atom stereocenters. The molecule has 3 heterocycles. The minimum Gasteiger partial charge on any atom is -0.427 e. The lowest BCUT2D eigenvalue weighted by atomic mass is 9.65. The van der Waals surface area contributed by atoms with Gasteiger partial charge in [-0.2, -0.15) is 0 Å². The molecule has 3 fully saturated rings. The van der Waals surface area contributed by atoms with Crippen LogP contribution >= 0.6 is 0 Å². The summed E-state index contributed by atoms with van der Waals surface area (Å²) in [6.45, 7) is 10.8. The minimum atomic E-state index is -0.479. The van der Waals surface area contributed by atoms with E-state index in [2.05, 4.69) is 20.8 Å². The van der Waals surface area contributed by atoms with E-state index in [1.165, 1.54) is 0 Å². The van der Waals surface area contributed by atoms with Crippen LogP contribution in [0.5, 0.6) is 0 Å². The van der Waals surface area contributed by atoms with E-state index in [-0.39, 0.29) is 34.3 Å². The maximum Gasteiger partial charge on any atom is 0.349 e. The Balaban J connectivity index is 1.62. The second kappa shape index (κ2) is 6.47. The molecule has 5 heteroatoms. The van der Waals surface area contributed by atoms with Gasteiger partial charge < -0.3 is 14.1 Å². The first-order valence-electron chi connectivity index (χ1n) is 10.2. The van der Waals surface area contributed by atoms with E-state index in [1.807, 2.05) is 17.9 Å². The Bertz CT molecular complexity index is 805. The molecule has 27 heavy (non-hydrogen) atoms. The summed E-state index contributed by atoms with van der Waals surface area (Å²) in [5.41, 5.74) is 0.869. The topological polar surface area (TPSA) is 59.8 Å². The van der Waals surface area contributed by atoms with Crippen LogP contribution in [0, 0.1) is 17.8 Å². The van der Waals surface area contributed by atoms with Gasteiger partial charge in [-0.1, -0.05) is 20.8 Å². The van der Waals surface area contributed by atoms with Crippen molar-refractivity contribution < 1.29 is 13.9 Å². The van der Waals surface area contributed by atoms with Crippen LogP contribution in [0.15, 0.2) is 15.3 Å². The van der Waals surface area contributed by atoms with Gasteiger partial charge >= 0.3 is 5.63 Å². The molecular weight excluding hydrogens is 342 g/mol. The molecule has 2 bridgehead atoms. The van der Waals surface area contributed by atoms with Crippen molar-refractivity contribution in [2.75, 3.05) is 19.8 Å². The summed E-state index contributed by atoms with van der Waals surface area (Å²) >= 11 is 0. The molecule has 148 valence electrons. The summed E-state index contributed by atoms with van der Waals surface area (Å²) in [7, 11) is 0. The van der Waals surface area contributed by atoms with E-state index in [9.17, 15) is 9.59 Å². The summed E-state index contributed by atoms with van der Waals surface area (Å²) in [5.74, 6) is 0.761. The summed E-state index contributed by atoms with van der Waals surface area (Å²) in [6.07, 6.45) is 4.87. The monoisotopic (exact) mass is 373 g/mol. The molecule has 2 aliphatic heterocycles. The highest BCUT2D eigenvalue weighted by atomic mass is 16.5. The van der Waals surface area contributed by atoms with Crippen LogP contribution < -0.4 is 5.63 Å². The molecule has 3 aliphatic rings. The molecular formula is C22H31NO4. The van der Waals surface area contributed by atoms with Gasteiger partial charge in [0.2, 0.25) is 0 Å². The average molecular weight is 373 g/mol. The molecule has 0 aromatic carbocycles. The smallest absolute Gasteiger partial charge is 0.349 e. The van der Waals surface area contributed by atoms with Gasteiger partial charge in [0.25, 0.3) is 5.91 Å². The van der Waals surface area contributed by atoms with Gasteiger partial charge in [-0.25, -0.2) is 4.79 Å². The van der Waals surface area contributed by atoms with E-state index in [0.29, 0.717) is 19.0 Å². The Labute approximate surface area is 161 Å². The second-order valence-corrected chi connectivity index (χ2v) is 10.0. The largest absolute Gasteiger partial charge is 0.427 e.